The number of nitrogens with one attached hydrogen (secondary N) is 2. The molecule has 0 unspecified atom stereocenters. The highest BCUT2D eigenvalue weighted by Gasteiger charge is 2.40. The number of aliphatic hydroxyl groups excluding tert-OH is 3. The van der Waals surface area contributed by atoms with Crippen LogP contribution in [0, 0.1) is 0 Å². The second kappa shape index (κ2) is 7.27. The Hall–Kier alpha value is -1.99. The Bertz CT molecular complexity index is 721. The maximum absolute atomic E-state index is 12.1. The van der Waals surface area contributed by atoms with Crippen molar-refractivity contribution in [2.24, 2.45) is 0 Å². The number of carbonyl (C=O) groups excluding carboxylic acids is 1. The van der Waals surface area contributed by atoms with E-state index in [9.17, 15) is 15.0 Å². The second-order valence-corrected chi connectivity index (χ2v) is 6.21. The van der Waals surface area contributed by atoms with Gasteiger partial charge in [0.25, 0.3) is 0 Å². The van der Waals surface area contributed by atoms with Crippen LogP contribution in [0.2, 0.25) is 0 Å². The number of hydrogen-bond acceptors (Lipinski definition) is 5. The molecule has 0 radical (unpaired) electrons. The summed E-state index contributed by atoms with van der Waals surface area (Å²) >= 11 is 0. The molecular weight excluding hydrogens is 308 g/mol. The van der Waals surface area contributed by atoms with Crippen LogP contribution in [-0.4, -0.2) is 58.7 Å². The summed E-state index contributed by atoms with van der Waals surface area (Å²) < 4.78 is 0. The zero-order valence-corrected chi connectivity index (χ0v) is 13.2. The van der Waals surface area contributed by atoms with Gasteiger partial charge in [0.2, 0.25) is 5.91 Å². The topological polar surface area (TPSA) is 102 Å². The van der Waals surface area contributed by atoms with Gasteiger partial charge >= 0.3 is 0 Å². The van der Waals surface area contributed by atoms with Gasteiger partial charge in [0, 0.05) is 6.54 Å². The summed E-state index contributed by atoms with van der Waals surface area (Å²) in [6.07, 6.45) is -1.79. The molecule has 1 aliphatic heterocycles. The van der Waals surface area contributed by atoms with Crippen molar-refractivity contribution in [3.05, 3.63) is 48.0 Å². The van der Waals surface area contributed by atoms with E-state index in [0.717, 1.165) is 16.3 Å². The average Bonchev–Trinajstić information content (AvgIpc) is 2.87. The van der Waals surface area contributed by atoms with Gasteiger partial charge in [-0.2, -0.15) is 0 Å². The van der Waals surface area contributed by atoms with Crippen LogP contribution in [0.4, 0.5) is 0 Å². The molecule has 2 aromatic carbocycles. The largest absolute Gasteiger partial charge is 0.395 e. The summed E-state index contributed by atoms with van der Waals surface area (Å²) in [5, 5.41) is 36.7. The SMILES string of the molecule is O=C(Cc1ccc2ccccc2c1)NC[C@H]1N[C@H](CO)[C@H](O)[C@@H]1O. The Morgan fingerprint density at radius 2 is 1.75 bits per heavy atom. The summed E-state index contributed by atoms with van der Waals surface area (Å²) in [7, 11) is 0. The molecule has 128 valence electrons. The smallest absolute Gasteiger partial charge is 0.224 e. The minimum atomic E-state index is -1.03. The first-order chi connectivity index (χ1) is 11.6. The fourth-order valence-electron chi connectivity index (χ4n) is 3.11. The van der Waals surface area contributed by atoms with Gasteiger partial charge in [-0.25, -0.2) is 0 Å². The fourth-order valence-corrected chi connectivity index (χ4v) is 3.11. The van der Waals surface area contributed by atoms with Gasteiger partial charge in [0.1, 0.15) is 0 Å². The summed E-state index contributed by atoms with van der Waals surface area (Å²) in [6.45, 7) is -0.0685. The molecule has 24 heavy (non-hydrogen) atoms. The molecule has 2 aromatic rings. The Labute approximate surface area is 140 Å². The molecule has 1 amide bonds. The van der Waals surface area contributed by atoms with E-state index in [1.54, 1.807) is 0 Å². The van der Waals surface area contributed by atoms with Crippen LogP contribution in [0.3, 0.4) is 0 Å². The Morgan fingerprint density at radius 3 is 2.46 bits per heavy atom. The van der Waals surface area contributed by atoms with E-state index >= 15 is 0 Å². The van der Waals surface area contributed by atoms with Gasteiger partial charge in [0.05, 0.1) is 37.3 Å². The lowest BCUT2D eigenvalue weighted by atomic mass is 10.0. The molecule has 0 spiro atoms. The van der Waals surface area contributed by atoms with Gasteiger partial charge in [-0.05, 0) is 16.3 Å². The van der Waals surface area contributed by atoms with Crippen molar-refractivity contribution in [2.45, 2.75) is 30.7 Å². The predicted molar refractivity (Wildman–Crippen MR) is 90.5 cm³/mol. The van der Waals surface area contributed by atoms with Crippen molar-refractivity contribution in [2.75, 3.05) is 13.2 Å². The quantitative estimate of drug-likeness (QED) is 0.511. The Balaban J connectivity index is 1.55. The maximum Gasteiger partial charge on any atom is 0.224 e. The van der Waals surface area contributed by atoms with Crippen LogP contribution in [0.25, 0.3) is 10.8 Å². The summed E-state index contributed by atoms with van der Waals surface area (Å²) in [4.78, 5) is 12.1. The van der Waals surface area contributed by atoms with E-state index < -0.39 is 24.3 Å². The zero-order valence-electron chi connectivity index (χ0n) is 13.2. The molecule has 5 N–H and O–H groups in total. The highest BCUT2D eigenvalue weighted by atomic mass is 16.3. The number of amides is 1. The van der Waals surface area contributed by atoms with Crippen molar-refractivity contribution < 1.29 is 20.1 Å². The highest BCUT2D eigenvalue weighted by molar-refractivity contribution is 5.85. The molecule has 0 aromatic heterocycles. The lowest BCUT2D eigenvalue weighted by molar-refractivity contribution is -0.120. The first kappa shape index (κ1) is 16.9. The van der Waals surface area contributed by atoms with E-state index in [2.05, 4.69) is 10.6 Å². The Kier molecular flexibility index (Phi) is 5.11. The zero-order chi connectivity index (χ0) is 17.1. The van der Waals surface area contributed by atoms with E-state index in [1.807, 2.05) is 42.5 Å². The predicted octanol–water partition coefficient (Wildman–Crippen LogP) is -0.447. The van der Waals surface area contributed by atoms with Gasteiger partial charge < -0.3 is 26.0 Å². The third-order valence-electron chi connectivity index (χ3n) is 4.50. The normalized spacial score (nSPS) is 26.6. The monoisotopic (exact) mass is 330 g/mol. The molecule has 1 aliphatic rings. The van der Waals surface area contributed by atoms with Gasteiger partial charge in [-0.1, -0.05) is 42.5 Å². The van der Waals surface area contributed by atoms with Crippen LogP contribution < -0.4 is 10.6 Å². The minimum Gasteiger partial charge on any atom is -0.395 e. The maximum atomic E-state index is 12.1. The number of carbonyl (C=O) groups is 1. The summed E-state index contributed by atoms with van der Waals surface area (Å²) in [5.74, 6) is -0.152. The van der Waals surface area contributed by atoms with Crippen molar-refractivity contribution in [1.82, 2.24) is 10.6 Å². The fraction of sp³-hybridized carbons (Fsp3) is 0.389. The van der Waals surface area contributed by atoms with Crippen molar-refractivity contribution >= 4 is 16.7 Å². The molecule has 0 aliphatic carbocycles. The first-order valence-corrected chi connectivity index (χ1v) is 8.06. The van der Waals surface area contributed by atoms with Gasteiger partial charge in [0.15, 0.2) is 0 Å². The molecular formula is C18H22N2O4. The van der Waals surface area contributed by atoms with Crippen LogP contribution >= 0.6 is 0 Å². The summed E-state index contributed by atoms with van der Waals surface area (Å²) in [6, 6.07) is 12.8. The number of aliphatic hydroxyl groups is 3. The lowest BCUT2D eigenvalue weighted by Gasteiger charge is -2.16. The van der Waals surface area contributed by atoms with Gasteiger partial charge in [-0.15, -0.1) is 0 Å². The molecule has 1 saturated heterocycles. The standard InChI is InChI=1S/C18H22N2O4/c21-10-15-18(24)17(23)14(20-15)9-19-16(22)8-11-5-6-12-3-1-2-4-13(12)7-11/h1-7,14-15,17-18,20-21,23-24H,8-10H2,(H,19,22)/t14-,15-,17-,18+/m1/s1. The van der Waals surface area contributed by atoms with Crippen LogP contribution in [0.1, 0.15) is 5.56 Å². The molecule has 0 saturated carbocycles. The van der Waals surface area contributed by atoms with E-state index in [-0.39, 0.29) is 25.5 Å². The Morgan fingerprint density at radius 1 is 1.04 bits per heavy atom. The number of fused-ring (bicyclic) bond motifs is 1. The highest BCUT2D eigenvalue weighted by Crippen LogP contribution is 2.16. The summed E-state index contributed by atoms with van der Waals surface area (Å²) in [5.41, 5.74) is 0.916. The van der Waals surface area contributed by atoms with Crippen LogP contribution in [0.15, 0.2) is 42.5 Å². The molecule has 6 nitrogen and oxygen atoms in total. The van der Waals surface area contributed by atoms with E-state index in [0.29, 0.717) is 0 Å². The molecule has 4 atom stereocenters. The lowest BCUT2D eigenvalue weighted by Crippen LogP contribution is -2.44. The van der Waals surface area contributed by atoms with Crippen LogP contribution in [0.5, 0.6) is 0 Å². The average molecular weight is 330 g/mol. The van der Waals surface area contributed by atoms with E-state index in [4.69, 9.17) is 5.11 Å². The molecule has 3 rings (SSSR count). The third kappa shape index (κ3) is 3.57. The van der Waals surface area contributed by atoms with Gasteiger partial charge in [-0.3, -0.25) is 4.79 Å². The van der Waals surface area contributed by atoms with Crippen LogP contribution in [-0.2, 0) is 11.2 Å². The van der Waals surface area contributed by atoms with E-state index in [1.165, 1.54) is 0 Å². The molecule has 1 fully saturated rings. The molecule has 6 heteroatoms. The first-order valence-electron chi connectivity index (χ1n) is 8.06. The minimum absolute atomic E-state index is 0.152. The molecule has 1 heterocycles. The second-order valence-electron chi connectivity index (χ2n) is 6.21. The van der Waals surface area contributed by atoms with Crippen molar-refractivity contribution in [1.29, 1.82) is 0 Å². The number of benzene rings is 2. The molecule has 0 bridgehead atoms. The number of hydrogen-bond donors (Lipinski definition) is 5. The third-order valence-corrected chi connectivity index (χ3v) is 4.50. The van der Waals surface area contributed by atoms with Crippen molar-refractivity contribution in [3.8, 4) is 0 Å². The number of rotatable bonds is 5. The van der Waals surface area contributed by atoms with Crippen molar-refractivity contribution in [3.63, 3.8) is 0 Å².